The topological polar surface area (TPSA) is 52.5 Å². The first kappa shape index (κ1) is 9.49. The van der Waals surface area contributed by atoms with Crippen LogP contribution in [0.15, 0.2) is 18.2 Å². The van der Waals surface area contributed by atoms with E-state index in [1.807, 2.05) is 6.07 Å². The molecule has 0 bridgehead atoms. The lowest BCUT2D eigenvalue weighted by Crippen LogP contribution is -2.14. The van der Waals surface area contributed by atoms with Gasteiger partial charge in [-0.2, -0.15) is 0 Å². The van der Waals surface area contributed by atoms with Gasteiger partial charge in [-0.1, -0.05) is 12.1 Å². The lowest BCUT2D eigenvalue weighted by Gasteiger charge is -2.16. The van der Waals surface area contributed by atoms with Crippen LogP contribution < -0.4 is 5.32 Å². The maximum absolute atomic E-state index is 9.73. The maximum atomic E-state index is 9.73. The standard InChI is InChI=1S/C11H15NO2/c13-7-8-3-1-5-10(14)11(8)9-4-2-6-12-9/h1,3,5,9,12-14H,2,4,6-7H2/t9-/m1/s1. The molecule has 14 heavy (non-hydrogen) atoms. The summed E-state index contributed by atoms with van der Waals surface area (Å²) in [5.41, 5.74) is 1.69. The van der Waals surface area contributed by atoms with Crippen molar-refractivity contribution in [1.29, 1.82) is 0 Å². The van der Waals surface area contributed by atoms with E-state index in [9.17, 15) is 5.11 Å². The Morgan fingerprint density at radius 3 is 2.93 bits per heavy atom. The second-order valence-electron chi connectivity index (χ2n) is 3.66. The van der Waals surface area contributed by atoms with E-state index < -0.39 is 0 Å². The molecule has 1 aliphatic heterocycles. The fraction of sp³-hybridized carbons (Fsp3) is 0.455. The van der Waals surface area contributed by atoms with Crippen LogP contribution >= 0.6 is 0 Å². The Bertz CT molecular complexity index is 319. The number of nitrogens with one attached hydrogen (secondary N) is 1. The molecule has 3 N–H and O–H groups in total. The van der Waals surface area contributed by atoms with Crippen LogP contribution in [-0.4, -0.2) is 16.8 Å². The predicted molar refractivity (Wildman–Crippen MR) is 54.0 cm³/mol. The molecule has 1 aromatic rings. The molecule has 1 aromatic carbocycles. The third-order valence-corrected chi connectivity index (χ3v) is 2.75. The number of aromatic hydroxyl groups is 1. The van der Waals surface area contributed by atoms with Crippen molar-refractivity contribution in [3.63, 3.8) is 0 Å². The molecule has 3 heteroatoms. The SMILES string of the molecule is OCc1cccc(O)c1[C@H]1CCCN1. The smallest absolute Gasteiger partial charge is 0.120 e. The molecule has 1 aliphatic rings. The van der Waals surface area contributed by atoms with E-state index in [1.54, 1.807) is 12.1 Å². The summed E-state index contributed by atoms with van der Waals surface area (Å²) in [6, 6.07) is 5.50. The van der Waals surface area contributed by atoms with Gasteiger partial charge in [0.2, 0.25) is 0 Å². The lowest BCUT2D eigenvalue weighted by atomic mass is 9.98. The molecule has 1 atom stereocenters. The Hall–Kier alpha value is -1.06. The Labute approximate surface area is 83.4 Å². The number of rotatable bonds is 2. The average Bonchev–Trinajstić information content (AvgIpc) is 2.70. The minimum atomic E-state index is -0.0120. The van der Waals surface area contributed by atoms with Crippen LogP contribution in [0.3, 0.4) is 0 Å². The molecule has 2 rings (SSSR count). The average molecular weight is 193 g/mol. The van der Waals surface area contributed by atoms with Crippen LogP contribution in [0.5, 0.6) is 5.75 Å². The van der Waals surface area contributed by atoms with Crippen molar-refractivity contribution in [2.75, 3.05) is 6.54 Å². The van der Waals surface area contributed by atoms with E-state index in [-0.39, 0.29) is 18.4 Å². The van der Waals surface area contributed by atoms with E-state index >= 15 is 0 Å². The monoisotopic (exact) mass is 193 g/mol. The minimum absolute atomic E-state index is 0.0120. The van der Waals surface area contributed by atoms with Gasteiger partial charge < -0.3 is 15.5 Å². The summed E-state index contributed by atoms with van der Waals surface area (Å²) in [7, 11) is 0. The highest BCUT2D eigenvalue weighted by atomic mass is 16.3. The van der Waals surface area contributed by atoms with Gasteiger partial charge in [0.15, 0.2) is 0 Å². The van der Waals surface area contributed by atoms with Crippen molar-refractivity contribution in [2.24, 2.45) is 0 Å². The first-order chi connectivity index (χ1) is 6.83. The van der Waals surface area contributed by atoms with Crippen molar-refractivity contribution in [1.82, 2.24) is 5.32 Å². The quantitative estimate of drug-likeness (QED) is 0.663. The molecular weight excluding hydrogens is 178 g/mol. The highest BCUT2D eigenvalue weighted by molar-refractivity contribution is 5.41. The molecule has 1 heterocycles. The van der Waals surface area contributed by atoms with E-state index in [2.05, 4.69) is 5.32 Å². The summed E-state index contributed by atoms with van der Waals surface area (Å²) in [5.74, 6) is 0.288. The molecule has 0 aromatic heterocycles. The van der Waals surface area contributed by atoms with E-state index in [4.69, 9.17) is 5.11 Å². The Morgan fingerprint density at radius 1 is 1.43 bits per heavy atom. The molecule has 0 amide bonds. The molecule has 76 valence electrons. The minimum Gasteiger partial charge on any atom is -0.508 e. The second-order valence-corrected chi connectivity index (χ2v) is 3.66. The number of phenolic OH excluding ortho intramolecular Hbond substituents is 1. The normalized spacial score (nSPS) is 21.4. The first-order valence-electron chi connectivity index (χ1n) is 4.98. The molecule has 1 fully saturated rings. The van der Waals surface area contributed by atoms with E-state index in [1.165, 1.54) is 0 Å². The van der Waals surface area contributed by atoms with Gasteiger partial charge in [-0.15, -0.1) is 0 Å². The summed E-state index contributed by atoms with van der Waals surface area (Å²) < 4.78 is 0. The first-order valence-corrected chi connectivity index (χ1v) is 4.98. The fourth-order valence-corrected chi connectivity index (χ4v) is 2.07. The molecule has 1 saturated heterocycles. The Balaban J connectivity index is 2.37. The maximum Gasteiger partial charge on any atom is 0.120 e. The summed E-state index contributed by atoms with van der Waals surface area (Å²) >= 11 is 0. The van der Waals surface area contributed by atoms with Crippen molar-refractivity contribution in [3.05, 3.63) is 29.3 Å². The number of phenols is 1. The van der Waals surface area contributed by atoms with Crippen molar-refractivity contribution < 1.29 is 10.2 Å². The van der Waals surface area contributed by atoms with Gasteiger partial charge in [0.05, 0.1) is 6.61 Å². The Kier molecular flexibility index (Phi) is 2.70. The van der Waals surface area contributed by atoms with Crippen molar-refractivity contribution in [3.8, 4) is 5.75 Å². The third kappa shape index (κ3) is 1.61. The summed E-state index contributed by atoms with van der Waals surface area (Å²) in [6.45, 7) is 0.978. The number of aliphatic hydroxyl groups excluding tert-OH is 1. The van der Waals surface area contributed by atoms with Crippen LogP contribution in [-0.2, 0) is 6.61 Å². The number of hydrogen-bond acceptors (Lipinski definition) is 3. The van der Waals surface area contributed by atoms with Gasteiger partial charge in [-0.05, 0) is 31.0 Å². The third-order valence-electron chi connectivity index (χ3n) is 2.75. The number of aliphatic hydroxyl groups is 1. The molecule has 0 radical (unpaired) electrons. The molecule has 0 saturated carbocycles. The molecule has 0 spiro atoms. The summed E-state index contributed by atoms with van der Waals surface area (Å²) in [5, 5.41) is 22.2. The van der Waals surface area contributed by atoms with Gasteiger partial charge in [-0.25, -0.2) is 0 Å². The molecular formula is C11H15NO2. The summed E-state index contributed by atoms with van der Waals surface area (Å²) in [4.78, 5) is 0. The van der Waals surface area contributed by atoms with Crippen LogP contribution in [0, 0.1) is 0 Å². The van der Waals surface area contributed by atoms with Gasteiger partial charge in [-0.3, -0.25) is 0 Å². The zero-order chi connectivity index (χ0) is 9.97. The van der Waals surface area contributed by atoms with Gasteiger partial charge >= 0.3 is 0 Å². The zero-order valence-corrected chi connectivity index (χ0v) is 8.03. The van der Waals surface area contributed by atoms with Crippen molar-refractivity contribution >= 4 is 0 Å². The second kappa shape index (κ2) is 3.98. The fourth-order valence-electron chi connectivity index (χ4n) is 2.07. The van der Waals surface area contributed by atoms with Crippen LogP contribution in [0.2, 0.25) is 0 Å². The number of hydrogen-bond donors (Lipinski definition) is 3. The summed E-state index contributed by atoms with van der Waals surface area (Å²) in [6.07, 6.45) is 2.16. The predicted octanol–water partition coefficient (Wildman–Crippen LogP) is 1.31. The molecule has 3 nitrogen and oxygen atoms in total. The Morgan fingerprint density at radius 2 is 2.29 bits per heavy atom. The largest absolute Gasteiger partial charge is 0.508 e. The van der Waals surface area contributed by atoms with Gasteiger partial charge in [0, 0.05) is 11.6 Å². The van der Waals surface area contributed by atoms with Gasteiger partial charge in [0.1, 0.15) is 5.75 Å². The highest BCUT2D eigenvalue weighted by Gasteiger charge is 2.21. The van der Waals surface area contributed by atoms with Crippen LogP contribution in [0.4, 0.5) is 0 Å². The van der Waals surface area contributed by atoms with E-state index in [0.717, 1.165) is 30.5 Å². The van der Waals surface area contributed by atoms with Crippen molar-refractivity contribution in [2.45, 2.75) is 25.5 Å². The number of benzene rings is 1. The van der Waals surface area contributed by atoms with Crippen LogP contribution in [0.25, 0.3) is 0 Å². The van der Waals surface area contributed by atoms with Crippen LogP contribution in [0.1, 0.15) is 30.0 Å². The van der Waals surface area contributed by atoms with Gasteiger partial charge in [0.25, 0.3) is 0 Å². The molecule has 0 aliphatic carbocycles. The van der Waals surface area contributed by atoms with E-state index in [0.29, 0.717) is 0 Å². The lowest BCUT2D eigenvalue weighted by molar-refractivity contribution is 0.278. The zero-order valence-electron chi connectivity index (χ0n) is 8.03. The molecule has 0 unspecified atom stereocenters. The highest BCUT2D eigenvalue weighted by Crippen LogP contribution is 2.32.